The number of carboxylic acid groups (broad SMARTS) is 1. The van der Waals surface area contributed by atoms with Gasteiger partial charge in [-0.25, -0.2) is 4.79 Å². The van der Waals surface area contributed by atoms with Gasteiger partial charge in [0.2, 0.25) is 23.6 Å². The first-order valence-electron chi connectivity index (χ1n) is 16.5. The van der Waals surface area contributed by atoms with Crippen LogP contribution in [0.3, 0.4) is 0 Å². The first-order valence-corrected chi connectivity index (χ1v) is 16.5. The lowest BCUT2D eigenvalue weighted by Crippen LogP contribution is -2.57. The van der Waals surface area contributed by atoms with Gasteiger partial charge >= 0.3 is 12.1 Å². The first-order chi connectivity index (χ1) is 24.5. The molecule has 284 valence electrons. The molecule has 0 radical (unpaired) electrons. The molecule has 0 bridgehead atoms. The molecule has 4 amide bonds. The summed E-state index contributed by atoms with van der Waals surface area (Å²) in [6.07, 6.45) is -0.186. The second kappa shape index (κ2) is 20.9. The van der Waals surface area contributed by atoms with Gasteiger partial charge in [0.1, 0.15) is 23.8 Å². The Balaban J connectivity index is 0.00000121. The lowest BCUT2D eigenvalue weighted by Gasteiger charge is -2.32. The Hall–Kier alpha value is -5.68. The van der Waals surface area contributed by atoms with Gasteiger partial charge in [0.05, 0.1) is 0 Å². The van der Waals surface area contributed by atoms with Crippen LogP contribution in [0.4, 0.5) is 13.2 Å². The molecule has 3 atom stereocenters. The summed E-state index contributed by atoms with van der Waals surface area (Å²) in [6.45, 7) is 0.483. The minimum Gasteiger partial charge on any atom is -0.475 e. The van der Waals surface area contributed by atoms with E-state index in [9.17, 15) is 32.3 Å². The Morgan fingerprint density at radius 2 is 1.44 bits per heavy atom. The molecule has 13 N–H and O–H groups in total. The molecule has 2 aromatic carbocycles. The maximum atomic E-state index is 13.9. The van der Waals surface area contributed by atoms with E-state index in [1.807, 2.05) is 30.3 Å². The van der Waals surface area contributed by atoms with Gasteiger partial charge in [0.25, 0.3) is 0 Å². The van der Waals surface area contributed by atoms with E-state index >= 15 is 0 Å². The van der Waals surface area contributed by atoms with E-state index < -0.39 is 53.8 Å². The molecule has 0 aliphatic heterocycles. The van der Waals surface area contributed by atoms with Gasteiger partial charge in [-0.1, -0.05) is 73.9 Å². The molecule has 2 aromatic rings. The molecule has 0 aromatic heterocycles. The number of carboxylic acids is 1. The van der Waals surface area contributed by atoms with Crippen LogP contribution in [0.5, 0.6) is 0 Å². The minimum atomic E-state index is -5.08. The molecular weight excluding hydrogens is 687 g/mol. The van der Waals surface area contributed by atoms with E-state index in [1.54, 1.807) is 24.3 Å². The monoisotopic (exact) mass is 733 g/mol. The number of rotatable bonds is 16. The zero-order valence-electron chi connectivity index (χ0n) is 28.5. The van der Waals surface area contributed by atoms with Crippen LogP contribution in [0.15, 0.2) is 59.6 Å². The van der Waals surface area contributed by atoms with Crippen LogP contribution in [0, 0.1) is 17.2 Å². The van der Waals surface area contributed by atoms with Crippen LogP contribution in [-0.2, 0) is 36.9 Å². The Kier molecular flexibility index (Phi) is 17.0. The molecule has 1 saturated carbocycles. The standard InChI is InChI=1S/C32H45N9O4.C2HF3O2/c33-27(34)23-15-13-20(14-16-23)18-24(29(43)39-19-21-8-3-1-4-9-21)30(44)41-26(22-10-5-2-6-11-22)31(45)40-25(28(35)42)12-7-17-38-32(36)37;3-2(4,5)1(6)7/h1,3-4,8-9,13-16,22,24-26H,2,5-7,10-12,17-19H2,(H3,33,34)(H2,35,42)(H,39,43)(H,40,45)(H,41,44)(H4,36,37,38);(H,6,7)/t24?,25-,26-;/m0./s1. The number of benzene rings is 2. The molecule has 0 saturated heterocycles. The van der Waals surface area contributed by atoms with Gasteiger partial charge in [-0.3, -0.25) is 29.6 Å². The zero-order chi connectivity index (χ0) is 38.8. The number of amidine groups is 1. The largest absolute Gasteiger partial charge is 0.490 e. The SMILES string of the molecule is N=C(N)c1ccc(CC(C(=O)NCc2ccccc2)C(=O)N[C@H](C(=O)N[C@@H](CCCN=C(N)N)C(N)=O)C2CCCCC2)cc1.O=C(O)C(F)(F)F. The number of carbonyl (C=O) groups is 5. The van der Waals surface area contributed by atoms with Gasteiger partial charge in [-0.2, -0.15) is 13.2 Å². The number of alkyl halides is 3. The van der Waals surface area contributed by atoms with E-state index in [4.69, 9.17) is 38.2 Å². The van der Waals surface area contributed by atoms with Crippen LogP contribution in [0.1, 0.15) is 61.6 Å². The second-order valence-corrected chi connectivity index (χ2v) is 12.2. The van der Waals surface area contributed by atoms with Crippen molar-refractivity contribution >= 4 is 41.4 Å². The summed E-state index contributed by atoms with van der Waals surface area (Å²) >= 11 is 0. The van der Waals surface area contributed by atoms with Crippen molar-refractivity contribution in [1.29, 1.82) is 5.41 Å². The molecule has 1 fully saturated rings. The van der Waals surface area contributed by atoms with Gasteiger partial charge in [-0.15, -0.1) is 0 Å². The highest BCUT2D eigenvalue weighted by Gasteiger charge is 2.38. The van der Waals surface area contributed by atoms with Crippen LogP contribution < -0.4 is 38.9 Å². The molecule has 1 aliphatic rings. The summed E-state index contributed by atoms with van der Waals surface area (Å²) in [6, 6.07) is 14.1. The maximum Gasteiger partial charge on any atom is 0.490 e. The minimum absolute atomic E-state index is 0.0539. The lowest BCUT2D eigenvalue weighted by molar-refractivity contribution is -0.192. The Morgan fingerprint density at radius 3 is 1.96 bits per heavy atom. The Labute approximate surface area is 298 Å². The smallest absolute Gasteiger partial charge is 0.475 e. The van der Waals surface area contributed by atoms with Crippen LogP contribution in [0.2, 0.25) is 0 Å². The van der Waals surface area contributed by atoms with Crippen molar-refractivity contribution in [3.05, 3.63) is 71.3 Å². The van der Waals surface area contributed by atoms with Crippen molar-refractivity contribution in [1.82, 2.24) is 16.0 Å². The molecule has 0 heterocycles. The van der Waals surface area contributed by atoms with Crippen molar-refractivity contribution in [2.45, 2.75) is 76.2 Å². The summed E-state index contributed by atoms with van der Waals surface area (Å²) in [7, 11) is 0. The summed E-state index contributed by atoms with van der Waals surface area (Å²) in [5.74, 6) is -6.62. The number of primary amides is 1. The number of hydrogen-bond acceptors (Lipinski definition) is 7. The summed E-state index contributed by atoms with van der Waals surface area (Å²) in [5, 5.41) is 23.2. The summed E-state index contributed by atoms with van der Waals surface area (Å²) < 4.78 is 31.7. The third-order valence-electron chi connectivity index (χ3n) is 8.20. The van der Waals surface area contributed by atoms with E-state index in [1.165, 1.54) is 0 Å². The number of hydrogen-bond donors (Lipinski definition) is 9. The number of amides is 4. The maximum absolute atomic E-state index is 13.9. The van der Waals surface area contributed by atoms with Crippen LogP contribution in [0.25, 0.3) is 0 Å². The van der Waals surface area contributed by atoms with Gasteiger partial charge in [-0.05, 0) is 49.1 Å². The van der Waals surface area contributed by atoms with E-state index in [0.29, 0.717) is 30.4 Å². The summed E-state index contributed by atoms with van der Waals surface area (Å²) in [4.78, 5) is 66.1. The first kappa shape index (κ1) is 42.5. The molecule has 52 heavy (non-hydrogen) atoms. The van der Waals surface area contributed by atoms with Crippen LogP contribution >= 0.6 is 0 Å². The third kappa shape index (κ3) is 15.1. The fourth-order valence-electron chi connectivity index (χ4n) is 5.44. The molecule has 18 heteroatoms. The van der Waals surface area contributed by atoms with E-state index in [-0.39, 0.29) is 43.6 Å². The van der Waals surface area contributed by atoms with E-state index in [0.717, 1.165) is 24.8 Å². The molecule has 3 rings (SSSR count). The number of nitrogens with zero attached hydrogens (tertiary/aromatic N) is 1. The number of nitrogen functional groups attached to an aromatic ring is 1. The average molecular weight is 734 g/mol. The van der Waals surface area contributed by atoms with Crippen molar-refractivity contribution in [2.24, 2.45) is 39.8 Å². The third-order valence-corrected chi connectivity index (χ3v) is 8.20. The van der Waals surface area contributed by atoms with Crippen LogP contribution in [-0.4, -0.2) is 71.3 Å². The Bertz CT molecular complexity index is 1550. The van der Waals surface area contributed by atoms with E-state index in [2.05, 4.69) is 20.9 Å². The quantitative estimate of drug-likeness (QED) is 0.0517. The highest BCUT2D eigenvalue weighted by molar-refractivity contribution is 6.02. The molecule has 15 nitrogen and oxygen atoms in total. The Morgan fingerprint density at radius 1 is 0.846 bits per heavy atom. The number of aliphatic imine (C=N–C) groups is 1. The number of nitrogens with one attached hydrogen (secondary N) is 4. The summed E-state index contributed by atoms with van der Waals surface area (Å²) in [5.41, 5.74) is 24.0. The predicted molar refractivity (Wildman–Crippen MR) is 186 cm³/mol. The molecule has 1 aliphatic carbocycles. The fourth-order valence-corrected chi connectivity index (χ4v) is 5.44. The highest BCUT2D eigenvalue weighted by atomic mass is 19.4. The van der Waals surface area contributed by atoms with Crippen molar-refractivity contribution < 1.29 is 42.3 Å². The molecular formula is C34H46F3N9O6. The number of halogens is 3. The highest BCUT2D eigenvalue weighted by Crippen LogP contribution is 2.27. The number of nitrogens with two attached hydrogens (primary N) is 4. The average Bonchev–Trinajstić information content (AvgIpc) is 3.10. The molecule has 0 spiro atoms. The van der Waals surface area contributed by atoms with Crippen molar-refractivity contribution in [3.8, 4) is 0 Å². The van der Waals surface area contributed by atoms with Gasteiger partial charge in [0, 0.05) is 18.7 Å². The zero-order valence-corrected chi connectivity index (χ0v) is 28.5. The topological polar surface area (TPSA) is 282 Å². The number of guanidine groups is 1. The molecule has 1 unspecified atom stereocenters. The van der Waals surface area contributed by atoms with Crippen molar-refractivity contribution in [2.75, 3.05) is 6.54 Å². The van der Waals surface area contributed by atoms with Crippen molar-refractivity contribution in [3.63, 3.8) is 0 Å². The lowest BCUT2D eigenvalue weighted by atomic mass is 9.83. The second-order valence-electron chi connectivity index (χ2n) is 12.2. The number of aliphatic carboxylic acids is 1. The normalized spacial score (nSPS) is 14.6. The fraction of sp³-hybridized carbons (Fsp3) is 0.441. The predicted octanol–water partition coefficient (Wildman–Crippen LogP) is 1.17. The van der Waals surface area contributed by atoms with Gasteiger partial charge < -0.3 is 44.0 Å². The number of carbonyl (C=O) groups excluding carboxylic acids is 4. The van der Waals surface area contributed by atoms with Gasteiger partial charge in [0.15, 0.2) is 5.96 Å².